The molecular formula is C13H14FNOS. The van der Waals surface area contributed by atoms with E-state index in [1.807, 2.05) is 18.4 Å². The molecule has 1 unspecified atom stereocenters. The number of aliphatic hydroxyl groups is 1. The van der Waals surface area contributed by atoms with Gasteiger partial charge >= 0.3 is 0 Å². The van der Waals surface area contributed by atoms with E-state index >= 15 is 0 Å². The average Bonchev–Trinajstić information content (AvgIpc) is 2.80. The molecule has 2 aromatic rings. The molecule has 0 aliphatic rings. The van der Waals surface area contributed by atoms with Gasteiger partial charge in [-0.1, -0.05) is 25.1 Å². The number of hydrogen-bond donors (Lipinski definition) is 1. The normalized spacial score (nSPS) is 12.6. The summed E-state index contributed by atoms with van der Waals surface area (Å²) in [6.45, 7) is 2.00. The summed E-state index contributed by atoms with van der Waals surface area (Å²) in [5.41, 5.74) is 1.54. The zero-order chi connectivity index (χ0) is 12.3. The molecule has 2 rings (SSSR count). The fourth-order valence-electron chi connectivity index (χ4n) is 1.53. The van der Waals surface area contributed by atoms with Gasteiger partial charge in [0.25, 0.3) is 0 Å². The van der Waals surface area contributed by atoms with Crippen molar-refractivity contribution in [2.45, 2.75) is 19.3 Å². The molecule has 1 atom stereocenters. The quantitative estimate of drug-likeness (QED) is 0.906. The van der Waals surface area contributed by atoms with Crippen molar-refractivity contribution in [1.82, 2.24) is 4.98 Å². The van der Waals surface area contributed by atoms with Gasteiger partial charge in [0, 0.05) is 17.7 Å². The largest absolute Gasteiger partial charge is 0.396 e. The first-order valence-electron chi connectivity index (χ1n) is 5.49. The van der Waals surface area contributed by atoms with E-state index in [-0.39, 0.29) is 18.3 Å². The van der Waals surface area contributed by atoms with Crippen LogP contribution in [0.4, 0.5) is 4.39 Å². The van der Waals surface area contributed by atoms with Gasteiger partial charge in [-0.25, -0.2) is 9.37 Å². The van der Waals surface area contributed by atoms with Gasteiger partial charge in [-0.05, 0) is 11.6 Å². The number of rotatable bonds is 4. The number of benzene rings is 1. The van der Waals surface area contributed by atoms with Gasteiger partial charge in [0.15, 0.2) is 0 Å². The maximum Gasteiger partial charge on any atom is 0.126 e. The van der Waals surface area contributed by atoms with Gasteiger partial charge in [0.2, 0.25) is 0 Å². The highest BCUT2D eigenvalue weighted by Gasteiger charge is 2.10. The van der Waals surface area contributed by atoms with Gasteiger partial charge in [0.1, 0.15) is 5.82 Å². The smallest absolute Gasteiger partial charge is 0.126 e. The van der Waals surface area contributed by atoms with Crippen LogP contribution in [0.1, 0.15) is 29.1 Å². The molecule has 0 aliphatic carbocycles. The Hall–Kier alpha value is -1.26. The molecule has 1 aromatic carbocycles. The minimum Gasteiger partial charge on any atom is -0.396 e. The molecule has 2 nitrogen and oxygen atoms in total. The molecular weight excluding hydrogens is 237 g/mol. The third-order valence-electron chi connectivity index (χ3n) is 2.65. The summed E-state index contributed by atoms with van der Waals surface area (Å²) in [5, 5.41) is 11.8. The number of halogens is 1. The summed E-state index contributed by atoms with van der Waals surface area (Å²) >= 11 is 1.51. The Kier molecular flexibility index (Phi) is 3.86. The summed E-state index contributed by atoms with van der Waals surface area (Å²) in [6, 6.07) is 6.73. The van der Waals surface area contributed by atoms with Crippen molar-refractivity contribution < 1.29 is 9.50 Å². The van der Waals surface area contributed by atoms with Crippen molar-refractivity contribution in [1.29, 1.82) is 0 Å². The van der Waals surface area contributed by atoms with E-state index in [1.54, 1.807) is 12.1 Å². The van der Waals surface area contributed by atoms with Crippen molar-refractivity contribution in [2.75, 3.05) is 6.61 Å². The molecule has 0 amide bonds. The highest BCUT2D eigenvalue weighted by molar-refractivity contribution is 7.09. The lowest BCUT2D eigenvalue weighted by molar-refractivity contribution is 0.271. The molecule has 1 aromatic heterocycles. The highest BCUT2D eigenvalue weighted by atomic mass is 32.1. The fraction of sp³-hybridized carbons (Fsp3) is 0.308. The summed E-state index contributed by atoms with van der Waals surface area (Å²) in [5.74, 6) is -0.153. The molecule has 0 aliphatic heterocycles. The third kappa shape index (κ3) is 2.90. The van der Waals surface area contributed by atoms with Gasteiger partial charge in [-0.3, -0.25) is 0 Å². The summed E-state index contributed by atoms with van der Waals surface area (Å²) in [4.78, 5) is 4.41. The number of hydrogen-bond acceptors (Lipinski definition) is 3. The fourth-order valence-corrected chi connectivity index (χ4v) is 2.47. The summed E-state index contributed by atoms with van der Waals surface area (Å²) < 4.78 is 13.4. The lowest BCUT2D eigenvalue weighted by atomic mass is 10.1. The molecule has 0 saturated carbocycles. The van der Waals surface area contributed by atoms with Gasteiger partial charge < -0.3 is 5.11 Å². The zero-order valence-electron chi connectivity index (χ0n) is 9.56. The van der Waals surface area contributed by atoms with Crippen molar-refractivity contribution in [3.8, 4) is 0 Å². The van der Waals surface area contributed by atoms with Gasteiger partial charge in [-0.15, -0.1) is 11.3 Å². The SMILES string of the molecule is CC(CO)c1csc(Cc2ccccc2F)n1. The second-order valence-electron chi connectivity index (χ2n) is 4.02. The van der Waals surface area contributed by atoms with Crippen molar-refractivity contribution in [2.24, 2.45) is 0 Å². The maximum absolute atomic E-state index is 13.4. The van der Waals surface area contributed by atoms with Crippen molar-refractivity contribution in [3.63, 3.8) is 0 Å². The van der Waals surface area contributed by atoms with Crippen LogP contribution in [0.2, 0.25) is 0 Å². The number of nitrogens with zero attached hydrogens (tertiary/aromatic N) is 1. The molecule has 0 radical (unpaired) electrons. The van der Waals surface area contributed by atoms with Crippen LogP contribution in [0.5, 0.6) is 0 Å². The minimum atomic E-state index is -0.195. The monoisotopic (exact) mass is 251 g/mol. The van der Waals surface area contributed by atoms with E-state index in [1.165, 1.54) is 17.4 Å². The third-order valence-corrected chi connectivity index (χ3v) is 3.51. The lowest BCUT2D eigenvalue weighted by Crippen LogP contribution is -1.99. The van der Waals surface area contributed by atoms with Crippen molar-refractivity contribution in [3.05, 3.63) is 51.7 Å². The molecule has 0 fully saturated rings. The topological polar surface area (TPSA) is 33.1 Å². The van der Waals surface area contributed by atoms with E-state index in [4.69, 9.17) is 5.11 Å². The average molecular weight is 251 g/mol. The summed E-state index contributed by atoms with van der Waals surface area (Å²) in [7, 11) is 0. The summed E-state index contributed by atoms with van der Waals surface area (Å²) in [6.07, 6.45) is 0.509. The number of thiazole rings is 1. The second-order valence-corrected chi connectivity index (χ2v) is 4.96. The molecule has 90 valence electrons. The number of aromatic nitrogens is 1. The maximum atomic E-state index is 13.4. The zero-order valence-corrected chi connectivity index (χ0v) is 10.4. The number of aliphatic hydroxyl groups excluding tert-OH is 1. The molecule has 4 heteroatoms. The molecule has 0 saturated heterocycles. The Morgan fingerprint density at radius 3 is 2.88 bits per heavy atom. The van der Waals surface area contributed by atoms with Crippen LogP contribution in [0.25, 0.3) is 0 Å². The first kappa shape index (κ1) is 12.2. The standard InChI is InChI=1S/C13H14FNOS/c1-9(7-16)12-8-17-13(15-12)6-10-4-2-3-5-11(10)14/h2-5,8-9,16H,6-7H2,1H3. The van der Waals surface area contributed by atoms with E-state index in [0.717, 1.165) is 10.7 Å². The molecule has 0 bridgehead atoms. The first-order chi connectivity index (χ1) is 8.20. The molecule has 1 heterocycles. The Balaban J connectivity index is 2.14. The van der Waals surface area contributed by atoms with Gasteiger partial charge in [0.05, 0.1) is 17.3 Å². The minimum absolute atomic E-state index is 0.0422. The van der Waals surface area contributed by atoms with Crippen LogP contribution < -0.4 is 0 Å². The Bertz CT molecular complexity index is 498. The van der Waals surface area contributed by atoms with E-state index in [9.17, 15) is 4.39 Å². The van der Waals surface area contributed by atoms with E-state index in [0.29, 0.717) is 12.0 Å². The lowest BCUT2D eigenvalue weighted by Gasteiger charge is -2.02. The molecule has 1 N–H and O–H groups in total. The van der Waals surface area contributed by atoms with Crippen LogP contribution in [0.3, 0.4) is 0 Å². The predicted molar refractivity (Wildman–Crippen MR) is 66.8 cm³/mol. The highest BCUT2D eigenvalue weighted by Crippen LogP contribution is 2.21. The van der Waals surface area contributed by atoms with Crippen LogP contribution in [0.15, 0.2) is 29.6 Å². The van der Waals surface area contributed by atoms with Crippen LogP contribution in [0, 0.1) is 5.82 Å². The van der Waals surface area contributed by atoms with Crippen molar-refractivity contribution >= 4 is 11.3 Å². The molecule has 17 heavy (non-hydrogen) atoms. The van der Waals surface area contributed by atoms with E-state index < -0.39 is 0 Å². The first-order valence-corrected chi connectivity index (χ1v) is 6.37. The Morgan fingerprint density at radius 2 is 2.18 bits per heavy atom. The van der Waals surface area contributed by atoms with Crippen LogP contribution in [-0.2, 0) is 6.42 Å². The predicted octanol–water partition coefficient (Wildman–Crippen LogP) is 2.97. The Morgan fingerprint density at radius 1 is 1.41 bits per heavy atom. The van der Waals surface area contributed by atoms with Gasteiger partial charge in [-0.2, -0.15) is 0 Å². The Labute approximate surface area is 104 Å². The molecule has 0 spiro atoms. The van der Waals surface area contributed by atoms with Crippen LogP contribution >= 0.6 is 11.3 Å². The van der Waals surface area contributed by atoms with E-state index in [2.05, 4.69) is 4.98 Å². The second kappa shape index (κ2) is 5.38. The van der Waals surface area contributed by atoms with Crippen LogP contribution in [-0.4, -0.2) is 16.7 Å².